The van der Waals surface area contributed by atoms with Crippen LogP contribution < -0.4 is 10.0 Å². The maximum absolute atomic E-state index is 12.7. The molecule has 23 heavy (non-hydrogen) atoms. The maximum atomic E-state index is 12.7. The van der Waals surface area contributed by atoms with Gasteiger partial charge in [-0.3, -0.25) is 0 Å². The van der Waals surface area contributed by atoms with Crippen LogP contribution >= 0.6 is 0 Å². The van der Waals surface area contributed by atoms with E-state index in [1.54, 1.807) is 0 Å². The minimum Gasteiger partial charge on any atom is -0.478 e. The van der Waals surface area contributed by atoms with Gasteiger partial charge in [0.05, 0.1) is 11.3 Å². The molecule has 0 heterocycles. The Morgan fingerprint density at radius 3 is 2.57 bits per heavy atom. The van der Waals surface area contributed by atoms with E-state index in [1.165, 1.54) is 18.2 Å². The van der Waals surface area contributed by atoms with Crippen molar-refractivity contribution in [3.63, 3.8) is 0 Å². The van der Waals surface area contributed by atoms with Gasteiger partial charge < -0.3 is 10.4 Å². The molecule has 128 valence electrons. The molecule has 2 rings (SSSR count). The average Bonchev–Trinajstić information content (AvgIpc) is 2.99. The van der Waals surface area contributed by atoms with Gasteiger partial charge in [-0.1, -0.05) is 19.8 Å². The third kappa shape index (κ3) is 4.45. The van der Waals surface area contributed by atoms with Crippen LogP contribution in [0.5, 0.6) is 0 Å². The van der Waals surface area contributed by atoms with Crippen molar-refractivity contribution >= 4 is 21.7 Å². The molecule has 1 atom stereocenters. The van der Waals surface area contributed by atoms with E-state index in [9.17, 15) is 13.2 Å². The molecule has 0 amide bonds. The Labute approximate surface area is 137 Å². The van der Waals surface area contributed by atoms with Crippen LogP contribution in [0.2, 0.25) is 0 Å². The number of rotatable bonds is 7. The van der Waals surface area contributed by atoms with Crippen LogP contribution in [-0.4, -0.2) is 31.6 Å². The first-order chi connectivity index (χ1) is 10.8. The fraction of sp³-hybridized carbons (Fsp3) is 0.562. The zero-order valence-corrected chi connectivity index (χ0v) is 14.3. The number of aromatic carboxylic acids is 1. The van der Waals surface area contributed by atoms with Crippen molar-refractivity contribution in [2.24, 2.45) is 0 Å². The van der Waals surface area contributed by atoms with Crippen molar-refractivity contribution in [2.45, 2.75) is 62.9 Å². The molecule has 1 fully saturated rings. The largest absolute Gasteiger partial charge is 0.478 e. The van der Waals surface area contributed by atoms with E-state index in [2.05, 4.69) is 10.0 Å². The molecule has 1 aliphatic rings. The lowest BCUT2D eigenvalue weighted by Crippen LogP contribution is -2.33. The second kappa shape index (κ2) is 7.31. The molecular weight excluding hydrogens is 316 g/mol. The summed E-state index contributed by atoms with van der Waals surface area (Å²) in [5.41, 5.74) is 0.404. The van der Waals surface area contributed by atoms with Gasteiger partial charge in [0, 0.05) is 12.1 Å². The van der Waals surface area contributed by atoms with Crippen LogP contribution in [0, 0.1) is 0 Å². The Hall–Kier alpha value is -1.60. The monoisotopic (exact) mass is 340 g/mol. The zero-order valence-electron chi connectivity index (χ0n) is 13.5. The Balaban J connectivity index is 2.38. The lowest BCUT2D eigenvalue weighted by atomic mass is 10.2. The molecule has 3 N–H and O–H groups in total. The summed E-state index contributed by atoms with van der Waals surface area (Å²) in [5.74, 6) is -1.14. The quantitative estimate of drug-likeness (QED) is 0.709. The Kier molecular flexibility index (Phi) is 5.64. The first kappa shape index (κ1) is 17.7. The predicted molar refractivity (Wildman–Crippen MR) is 89.4 cm³/mol. The summed E-state index contributed by atoms with van der Waals surface area (Å²) >= 11 is 0. The molecule has 7 heteroatoms. The molecule has 1 saturated carbocycles. The van der Waals surface area contributed by atoms with Crippen LogP contribution in [0.4, 0.5) is 5.69 Å². The van der Waals surface area contributed by atoms with Gasteiger partial charge in [-0.05, 0) is 44.4 Å². The number of nitrogens with one attached hydrogen (secondary N) is 2. The number of hydrogen-bond acceptors (Lipinski definition) is 4. The molecule has 0 aromatic heterocycles. The van der Waals surface area contributed by atoms with Crippen molar-refractivity contribution in [3.8, 4) is 0 Å². The number of hydrogen-bond donors (Lipinski definition) is 3. The lowest BCUT2D eigenvalue weighted by molar-refractivity contribution is 0.0696. The van der Waals surface area contributed by atoms with Gasteiger partial charge in [-0.15, -0.1) is 0 Å². The van der Waals surface area contributed by atoms with Crippen LogP contribution in [0.1, 0.15) is 56.3 Å². The van der Waals surface area contributed by atoms with Gasteiger partial charge in [0.15, 0.2) is 0 Å². The maximum Gasteiger partial charge on any atom is 0.335 e. The molecule has 1 aliphatic carbocycles. The number of sulfonamides is 1. The predicted octanol–water partition coefficient (Wildman–Crippen LogP) is 2.82. The number of carbonyl (C=O) groups is 1. The van der Waals surface area contributed by atoms with E-state index in [0.717, 1.165) is 32.1 Å². The van der Waals surface area contributed by atoms with Gasteiger partial charge in [0.1, 0.15) is 4.90 Å². The third-order valence-corrected chi connectivity index (χ3v) is 5.77. The second-order valence-corrected chi connectivity index (χ2v) is 7.75. The number of carboxylic acids is 1. The summed E-state index contributed by atoms with van der Waals surface area (Å²) in [6, 6.07) is 4.20. The zero-order chi connectivity index (χ0) is 17.0. The van der Waals surface area contributed by atoms with E-state index in [1.807, 2.05) is 13.8 Å². The minimum atomic E-state index is -3.76. The van der Waals surface area contributed by atoms with Crippen molar-refractivity contribution in [3.05, 3.63) is 23.8 Å². The minimum absolute atomic E-state index is 0.00426. The van der Waals surface area contributed by atoms with Gasteiger partial charge in [-0.25, -0.2) is 17.9 Å². The summed E-state index contributed by atoms with van der Waals surface area (Å²) in [6.45, 7) is 3.94. The van der Waals surface area contributed by atoms with Gasteiger partial charge in [-0.2, -0.15) is 0 Å². The second-order valence-electron chi connectivity index (χ2n) is 6.07. The summed E-state index contributed by atoms with van der Waals surface area (Å²) in [4.78, 5) is 11.2. The average molecular weight is 340 g/mol. The number of anilines is 1. The van der Waals surface area contributed by atoms with Crippen LogP contribution in [0.25, 0.3) is 0 Å². The highest BCUT2D eigenvalue weighted by atomic mass is 32.2. The van der Waals surface area contributed by atoms with E-state index in [0.29, 0.717) is 5.69 Å². The Morgan fingerprint density at radius 1 is 1.35 bits per heavy atom. The summed E-state index contributed by atoms with van der Waals surface area (Å²) < 4.78 is 28.1. The third-order valence-electron chi connectivity index (χ3n) is 4.21. The topological polar surface area (TPSA) is 95.5 Å². The molecule has 0 saturated heterocycles. The highest BCUT2D eigenvalue weighted by molar-refractivity contribution is 7.89. The molecular formula is C16H24N2O4S. The van der Waals surface area contributed by atoms with Gasteiger partial charge >= 0.3 is 5.97 Å². The lowest BCUT2D eigenvalue weighted by Gasteiger charge is -2.19. The number of benzene rings is 1. The molecule has 6 nitrogen and oxygen atoms in total. The van der Waals surface area contributed by atoms with Crippen molar-refractivity contribution < 1.29 is 18.3 Å². The van der Waals surface area contributed by atoms with E-state index >= 15 is 0 Å². The van der Waals surface area contributed by atoms with Crippen molar-refractivity contribution in [2.75, 3.05) is 5.32 Å². The van der Waals surface area contributed by atoms with Crippen LogP contribution in [-0.2, 0) is 10.0 Å². The smallest absolute Gasteiger partial charge is 0.335 e. The van der Waals surface area contributed by atoms with E-state index in [4.69, 9.17) is 5.11 Å². The van der Waals surface area contributed by atoms with Crippen LogP contribution in [0.15, 0.2) is 23.1 Å². The van der Waals surface area contributed by atoms with E-state index in [-0.39, 0.29) is 22.5 Å². The fourth-order valence-corrected chi connectivity index (χ4v) is 4.19. The van der Waals surface area contributed by atoms with E-state index < -0.39 is 16.0 Å². The molecule has 0 aliphatic heterocycles. The SMILES string of the molecule is CC[C@@H](C)Nc1ccc(C(=O)O)cc1S(=O)(=O)NC1CCCC1. The highest BCUT2D eigenvalue weighted by Crippen LogP contribution is 2.26. The fourth-order valence-electron chi connectivity index (χ4n) is 2.69. The Bertz CT molecular complexity index is 667. The molecule has 0 unspecified atom stereocenters. The van der Waals surface area contributed by atoms with Gasteiger partial charge in [0.25, 0.3) is 0 Å². The molecule has 0 bridgehead atoms. The van der Waals surface area contributed by atoms with Crippen molar-refractivity contribution in [1.82, 2.24) is 4.72 Å². The normalized spacial score (nSPS) is 17.1. The molecule has 0 spiro atoms. The van der Waals surface area contributed by atoms with Gasteiger partial charge in [0.2, 0.25) is 10.0 Å². The summed E-state index contributed by atoms with van der Waals surface area (Å²) in [5, 5.41) is 12.3. The standard InChI is InChI=1S/C16H24N2O4S/c1-3-11(2)17-14-9-8-12(16(19)20)10-15(14)23(21,22)18-13-6-4-5-7-13/h8-11,13,17-18H,3-7H2,1-2H3,(H,19,20)/t11-/m1/s1. The summed E-state index contributed by atoms with van der Waals surface area (Å²) in [7, 11) is -3.76. The molecule has 1 aromatic carbocycles. The van der Waals surface area contributed by atoms with Crippen LogP contribution in [0.3, 0.4) is 0 Å². The first-order valence-corrected chi connectivity index (χ1v) is 9.48. The van der Waals surface area contributed by atoms with Crippen molar-refractivity contribution in [1.29, 1.82) is 0 Å². The number of carboxylic acid groups (broad SMARTS) is 1. The first-order valence-electron chi connectivity index (χ1n) is 7.99. The Morgan fingerprint density at radius 2 is 2.00 bits per heavy atom. The highest BCUT2D eigenvalue weighted by Gasteiger charge is 2.26. The summed E-state index contributed by atoms with van der Waals surface area (Å²) in [6.07, 6.45) is 4.51. The molecule has 1 aromatic rings. The molecule has 0 radical (unpaired) electrons.